The second-order valence-electron chi connectivity index (χ2n) is 4.29. The van der Waals surface area contributed by atoms with Crippen molar-refractivity contribution in [3.8, 4) is 0 Å². The molecular formula is C12H21NO. The summed E-state index contributed by atoms with van der Waals surface area (Å²) in [6.45, 7) is 2.30. The molecule has 0 aliphatic heterocycles. The number of carbonyl (C=O) groups excluding carboxylic acids is 1. The number of rotatable bonds is 2. The van der Waals surface area contributed by atoms with Gasteiger partial charge in [0.05, 0.1) is 0 Å². The van der Waals surface area contributed by atoms with Crippen molar-refractivity contribution in [1.82, 2.24) is 5.32 Å². The second kappa shape index (κ2) is 6.63. The van der Waals surface area contributed by atoms with Gasteiger partial charge in [-0.25, -0.2) is 0 Å². The zero-order valence-electron chi connectivity index (χ0n) is 9.04. The average molecular weight is 195 g/mol. The summed E-state index contributed by atoms with van der Waals surface area (Å²) in [6, 6.07) is 0.387. The highest BCUT2D eigenvalue weighted by atomic mass is 16.1. The van der Waals surface area contributed by atoms with Crippen LogP contribution in [-0.4, -0.2) is 12.5 Å². The molecule has 0 radical (unpaired) electrons. The van der Waals surface area contributed by atoms with E-state index in [0.717, 1.165) is 31.6 Å². The summed E-state index contributed by atoms with van der Waals surface area (Å²) in [4.78, 5) is 10.4. The topological polar surface area (TPSA) is 29.1 Å². The lowest BCUT2D eigenvalue weighted by Gasteiger charge is -2.18. The third-order valence-electron chi connectivity index (χ3n) is 2.99. The standard InChI is InChI=1S/C12H21NO/c1-11-6-4-2-3-5-7-12(9-8-11)13-10-14/h2-3,10-12H,4-9H2,1H3,(H,13,14)/b3-2+. The molecule has 0 spiro atoms. The molecule has 0 aromatic heterocycles. The molecule has 0 saturated heterocycles. The molecule has 1 amide bonds. The number of amides is 1. The Labute approximate surface area is 86.8 Å². The Hall–Kier alpha value is -0.790. The van der Waals surface area contributed by atoms with Gasteiger partial charge in [-0.15, -0.1) is 0 Å². The molecule has 2 heteroatoms. The predicted octanol–water partition coefficient (Wildman–Crippen LogP) is 2.65. The first-order chi connectivity index (χ1) is 6.83. The number of nitrogens with one attached hydrogen (secondary N) is 1. The first-order valence-electron chi connectivity index (χ1n) is 5.67. The molecule has 2 unspecified atom stereocenters. The Morgan fingerprint density at radius 2 is 1.86 bits per heavy atom. The molecule has 0 aromatic rings. The quantitative estimate of drug-likeness (QED) is 0.532. The summed E-state index contributed by atoms with van der Waals surface area (Å²) >= 11 is 0. The third kappa shape index (κ3) is 4.45. The molecule has 0 fully saturated rings. The van der Waals surface area contributed by atoms with Crippen molar-refractivity contribution in [2.45, 2.75) is 51.5 Å². The fraction of sp³-hybridized carbons (Fsp3) is 0.750. The molecular weight excluding hydrogens is 174 g/mol. The van der Waals surface area contributed by atoms with Gasteiger partial charge in [-0.05, 0) is 44.4 Å². The summed E-state index contributed by atoms with van der Waals surface area (Å²) in [6.07, 6.45) is 12.4. The Bertz CT molecular complexity index is 189. The highest BCUT2D eigenvalue weighted by Crippen LogP contribution is 2.18. The van der Waals surface area contributed by atoms with Crippen LogP contribution in [0.15, 0.2) is 12.2 Å². The van der Waals surface area contributed by atoms with E-state index in [-0.39, 0.29) is 0 Å². The zero-order chi connectivity index (χ0) is 10.2. The maximum absolute atomic E-state index is 10.4. The Morgan fingerprint density at radius 3 is 2.57 bits per heavy atom. The fourth-order valence-corrected chi connectivity index (χ4v) is 1.95. The lowest BCUT2D eigenvalue weighted by molar-refractivity contribution is -0.110. The second-order valence-corrected chi connectivity index (χ2v) is 4.29. The highest BCUT2D eigenvalue weighted by molar-refractivity contribution is 5.46. The molecule has 0 aromatic carbocycles. The van der Waals surface area contributed by atoms with Crippen LogP contribution in [0.25, 0.3) is 0 Å². The molecule has 1 aliphatic carbocycles. The van der Waals surface area contributed by atoms with E-state index in [1.165, 1.54) is 19.3 Å². The molecule has 1 aliphatic rings. The normalized spacial score (nSPS) is 31.8. The number of hydrogen-bond acceptors (Lipinski definition) is 1. The summed E-state index contributed by atoms with van der Waals surface area (Å²) in [5, 5.41) is 2.91. The first kappa shape index (κ1) is 11.3. The maximum Gasteiger partial charge on any atom is 0.207 e. The van der Waals surface area contributed by atoms with Gasteiger partial charge in [-0.1, -0.05) is 19.1 Å². The van der Waals surface area contributed by atoms with Crippen LogP contribution < -0.4 is 5.32 Å². The van der Waals surface area contributed by atoms with E-state index in [4.69, 9.17) is 0 Å². The predicted molar refractivity (Wildman–Crippen MR) is 59.0 cm³/mol. The van der Waals surface area contributed by atoms with Gasteiger partial charge in [-0.3, -0.25) is 4.79 Å². The van der Waals surface area contributed by atoms with E-state index in [9.17, 15) is 4.79 Å². The third-order valence-corrected chi connectivity index (χ3v) is 2.99. The number of hydrogen-bond donors (Lipinski definition) is 1. The minimum atomic E-state index is 0.387. The molecule has 2 atom stereocenters. The Kier molecular flexibility index (Phi) is 5.35. The van der Waals surface area contributed by atoms with Crippen molar-refractivity contribution in [2.75, 3.05) is 0 Å². The monoisotopic (exact) mass is 195 g/mol. The van der Waals surface area contributed by atoms with E-state index in [1.54, 1.807) is 0 Å². The van der Waals surface area contributed by atoms with Crippen LogP contribution in [0, 0.1) is 5.92 Å². The molecule has 0 heterocycles. The molecule has 80 valence electrons. The summed E-state index contributed by atoms with van der Waals surface area (Å²) in [5.74, 6) is 0.786. The zero-order valence-corrected chi connectivity index (χ0v) is 9.04. The van der Waals surface area contributed by atoms with Crippen LogP contribution in [0.1, 0.15) is 45.4 Å². The van der Waals surface area contributed by atoms with Crippen molar-refractivity contribution in [1.29, 1.82) is 0 Å². The summed E-state index contributed by atoms with van der Waals surface area (Å²) in [5.41, 5.74) is 0. The minimum absolute atomic E-state index is 0.387. The SMILES string of the molecule is CC1CC/C=C/CCC(NC=O)CC1. The number of carbonyl (C=O) groups is 1. The minimum Gasteiger partial charge on any atom is -0.356 e. The number of allylic oxidation sites excluding steroid dienone is 2. The van der Waals surface area contributed by atoms with Crippen LogP contribution in [0.3, 0.4) is 0 Å². The smallest absolute Gasteiger partial charge is 0.207 e. The molecule has 2 nitrogen and oxygen atoms in total. The van der Waals surface area contributed by atoms with E-state index >= 15 is 0 Å². The van der Waals surface area contributed by atoms with Gasteiger partial charge in [0.1, 0.15) is 0 Å². The van der Waals surface area contributed by atoms with Gasteiger partial charge in [0.15, 0.2) is 0 Å². The van der Waals surface area contributed by atoms with Crippen LogP contribution in [0.4, 0.5) is 0 Å². The first-order valence-corrected chi connectivity index (χ1v) is 5.67. The average Bonchev–Trinajstić information content (AvgIpc) is 2.19. The molecule has 1 N–H and O–H groups in total. The fourth-order valence-electron chi connectivity index (χ4n) is 1.95. The summed E-state index contributed by atoms with van der Waals surface area (Å²) in [7, 11) is 0. The van der Waals surface area contributed by atoms with Crippen molar-refractivity contribution in [3.05, 3.63) is 12.2 Å². The highest BCUT2D eigenvalue weighted by Gasteiger charge is 2.10. The van der Waals surface area contributed by atoms with E-state index in [1.807, 2.05) is 0 Å². The van der Waals surface area contributed by atoms with Gasteiger partial charge in [0.25, 0.3) is 0 Å². The van der Waals surface area contributed by atoms with Crippen LogP contribution in [-0.2, 0) is 4.79 Å². The van der Waals surface area contributed by atoms with Crippen molar-refractivity contribution >= 4 is 6.41 Å². The van der Waals surface area contributed by atoms with Crippen molar-refractivity contribution in [3.63, 3.8) is 0 Å². The van der Waals surface area contributed by atoms with Gasteiger partial charge in [-0.2, -0.15) is 0 Å². The van der Waals surface area contributed by atoms with Crippen LogP contribution >= 0.6 is 0 Å². The summed E-state index contributed by atoms with van der Waals surface area (Å²) < 4.78 is 0. The van der Waals surface area contributed by atoms with E-state index < -0.39 is 0 Å². The van der Waals surface area contributed by atoms with Crippen molar-refractivity contribution in [2.24, 2.45) is 5.92 Å². The molecule has 14 heavy (non-hydrogen) atoms. The molecule has 0 bridgehead atoms. The van der Waals surface area contributed by atoms with Gasteiger partial charge in [0, 0.05) is 6.04 Å². The molecule has 1 rings (SSSR count). The lowest BCUT2D eigenvalue weighted by atomic mass is 9.94. The van der Waals surface area contributed by atoms with Gasteiger partial charge >= 0.3 is 0 Å². The van der Waals surface area contributed by atoms with Crippen molar-refractivity contribution < 1.29 is 4.79 Å². The van der Waals surface area contributed by atoms with E-state index in [0.29, 0.717) is 6.04 Å². The Morgan fingerprint density at radius 1 is 1.14 bits per heavy atom. The van der Waals surface area contributed by atoms with E-state index in [2.05, 4.69) is 24.4 Å². The lowest BCUT2D eigenvalue weighted by Crippen LogP contribution is -2.28. The van der Waals surface area contributed by atoms with Gasteiger partial charge in [0.2, 0.25) is 6.41 Å². The van der Waals surface area contributed by atoms with Crippen LogP contribution in [0.5, 0.6) is 0 Å². The maximum atomic E-state index is 10.4. The molecule has 0 saturated carbocycles. The Balaban J connectivity index is 2.40. The largest absolute Gasteiger partial charge is 0.356 e. The van der Waals surface area contributed by atoms with Crippen LogP contribution in [0.2, 0.25) is 0 Å². The van der Waals surface area contributed by atoms with Gasteiger partial charge < -0.3 is 5.32 Å².